The van der Waals surface area contributed by atoms with Gasteiger partial charge in [-0.25, -0.2) is 9.50 Å². The van der Waals surface area contributed by atoms with Gasteiger partial charge in [0, 0.05) is 67.1 Å². The molecular weight excluding hydrogens is 414 g/mol. The van der Waals surface area contributed by atoms with Crippen LogP contribution >= 0.6 is 0 Å². The lowest BCUT2D eigenvalue weighted by atomic mass is 9.99. The standard InChI is InChI=1S/C25H25N7O/c1-30-14-19(13-28-30)17-7-23(25-18(10-26)12-29-31(25)15-17)16-3-6-24(27-11-16)32-20-4-5-21(32)9-22(8-20)33-2/h3,6-7,11-15,20-22H,4-5,8-9H2,1-2H3/t20-,21+,22-. The number of aryl methyl sites for hydroxylation is 1. The molecule has 0 aliphatic carbocycles. The number of piperidine rings is 1. The normalized spacial score (nSPS) is 22.1. The van der Waals surface area contributed by atoms with Gasteiger partial charge < -0.3 is 9.64 Å². The molecule has 0 N–H and O–H groups in total. The predicted octanol–water partition coefficient (Wildman–Crippen LogP) is 3.81. The molecule has 4 aromatic heterocycles. The van der Waals surface area contributed by atoms with Gasteiger partial charge in [-0.1, -0.05) is 0 Å². The highest BCUT2D eigenvalue weighted by Crippen LogP contribution is 2.40. The molecule has 33 heavy (non-hydrogen) atoms. The summed E-state index contributed by atoms with van der Waals surface area (Å²) < 4.78 is 9.21. The number of nitrogens with zero attached hydrogens (tertiary/aromatic N) is 7. The smallest absolute Gasteiger partial charge is 0.129 e. The minimum atomic E-state index is 0.354. The Bertz CT molecular complexity index is 1350. The summed E-state index contributed by atoms with van der Waals surface area (Å²) in [5.41, 5.74) is 5.22. The maximum absolute atomic E-state index is 9.66. The van der Waals surface area contributed by atoms with Crippen molar-refractivity contribution < 1.29 is 4.74 Å². The molecule has 4 aromatic rings. The van der Waals surface area contributed by atoms with Crippen molar-refractivity contribution in [3.8, 4) is 28.3 Å². The van der Waals surface area contributed by atoms with Gasteiger partial charge >= 0.3 is 0 Å². The van der Waals surface area contributed by atoms with E-state index in [1.807, 2.05) is 38.9 Å². The van der Waals surface area contributed by atoms with Crippen molar-refractivity contribution in [2.75, 3.05) is 12.0 Å². The number of fused-ring (bicyclic) bond motifs is 3. The van der Waals surface area contributed by atoms with Crippen LogP contribution in [0.1, 0.15) is 31.2 Å². The Labute approximate surface area is 192 Å². The molecule has 2 bridgehead atoms. The first-order valence-electron chi connectivity index (χ1n) is 11.3. The lowest BCUT2D eigenvalue weighted by Gasteiger charge is -2.39. The predicted molar refractivity (Wildman–Crippen MR) is 125 cm³/mol. The summed E-state index contributed by atoms with van der Waals surface area (Å²) in [6.07, 6.45) is 14.2. The molecule has 0 unspecified atom stereocenters. The Morgan fingerprint density at radius 3 is 2.45 bits per heavy atom. The van der Waals surface area contributed by atoms with E-state index in [4.69, 9.17) is 9.72 Å². The van der Waals surface area contributed by atoms with E-state index in [2.05, 4.69) is 39.4 Å². The van der Waals surface area contributed by atoms with Gasteiger partial charge in [0.25, 0.3) is 0 Å². The van der Waals surface area contributed by atoms with Crippen LogP contribution in [0.5, 0.6) is 0 Å². The van der Waals surface area contributed by atoms with Crippen molar-refractivity contribution in [1.82, 2.24) is 24.4 Å². The molecule has 0 radical (unpaired) electrons. The van der Waals surface area contributed by atoms with Crippen molar-refractivity contribution in [3.05, 3.63) is 54.7 Å². The van der Waals surface area contributed by atoms with Gasteiger partial charge in [-0.3, -0.25) is 4.68 Å². The van der Waals surface area contributed by atoms with Crippen LogP contribution in [0.25, 0.3) is 27.8 Å². The van der Waals surface area contributed by atoms with Gasteiger partial charge in [-0.2, -0.15) is 15.5 Å². The molecule has 0 saturated carbocycles. The molecule has 8 heteroatoms. The molecule has 2 aliphatic heterocycles. The molecule has 0 amide bonds. The number of rotatable bonds is 4. The Balaban J connectivity index is 1.41. The average Bonchev–Trinajstić information content (AvgIpc) is 3.53. The fourth-order valence-corrected chi connectivity index (χ4v) is 5.54. The lowest BCUT2D eigenvalue weighted by Crippen LogP contribution is -2.45. The first kappa shape index (κ1) is 19.9. The molecular formula is C25H25N7O. The summed E-state index contributed by atoms with van der Waals surface area (Å²) in [7, 11) is 3.72. The third-order valence-electron chi connectivity index (χ3n) is 7.12. The SMILES string of the molecule is CO[C@@H]1C[C@H]2CC[C@@H](C1)N2c1ccc(-c2cc(-c3cnn(C)c3)cn3ncc(C#N)c23)cn1. The zero-order chi connectivity index (χ0) is 22.5. The zero-order valence-corrected chi connectivity index (χ0v) is 18.7. The van der Waals surface area contributed by atoms with Crippen molar-refractivity contribution in [3.63, 3.8) is 0 Å². The van der Waals surface area contributed by atoms with Crippen LogP contribution in [0.15, 0.2) is 49.2 Å². The van der Waals surface area contributed by atoms with Crippen LogP contribution in [-0.2, 0) is 11.8 Å². The Hall–Kier alpha value is -3.70. The van der Waals surface area contributed by atoms with Crippen LogP contribution in [0, 0.1) is 11.3 Å². The summed E-state index contributed by atoms with van der Waals surface area (Å²) in [6, 6.07) is 9.59. The first-order valence-corrected chi connectivity index (χ1v) is 11.3. The van der Waals surface area contributed by atoms with E-state index in [0.29, 0.717) is 23.8 Å². The summed E-state index contributed by atoms with van der Waals surface area (Å²) >= 11 is 0. The monoisotopic (exact) mass is 439 g/mol. The van der Waals surface area contributed by atoms with Gasteiger partial charge in [0.15, 0.2) is 0 Å². The van der Waals surface area contributed by atoms with Crippen LogP contribution in [-0.4, -0.2) is 49.7 Å². The average molecular weight is 440 g/mol. The van der Waals surface area contributed by atoms with Gasteiger partial charge in [0.2, 0.25) is 0 Å². The van der Waals surface area contributed by atoms with Crippen molar-refractivity contribution >= 4 is 11.3 Å². The number of ether oxygens (including phenoxy) is 1. The second-order valence-corrected chi connectivity index (χ2v) is 9.03. The molecule has 6 rings (SSSR count). The largest absolute Gasteiger partial charge is 0.381 e. The second-order valence-electron chi connectivity index (χ2n) is 9.03. The van der Waals surface area contributed by atoms with E-state index in [9.17, 15) is 5.26 Å². The van der Waals surface area contributed by atoms with Crippen molar-refractivity contribution in [2.45, 2.75) is 43.9 Å². The maximum atomic E-state index is 9.66. The minimum Gasteiger partial charge on any atom is -0.381 e. The summed E-state index contributed by atoms with van der Waals surface area (Å²) in [4.78, 5) is 7.37. The third kappa shape index (κ3) is 3.28. The van der Waals surface area contributed by atoms with Crippen LogP contribution in [0.4, 0.5) is 5.82 Å². The number of hydrogen-bond donors (Lipinski definition) is 0. The summed E-state index contributed by atoms with van der Waals surface area (Å²) in [5, 5.41) is 18.4. The molecule has 2 saturated heterocycles. The Morgan fingerprint density at radius 2 is 1.82 bits per heavy atom. The Morgan fingerprint density at radius 1 is 1.00 bits per heavy atom. The number of aromatic nitrogens is 5. The summed E-state index contributed by atoms with van der Waals surface area (Å²) in [6.45, 7) is 0. The second kappa shape index (κ2) is 7.71. The number of hydrogen-bond acceptors (Lipinski definition) is 6. The molecule has 8 nitrogen and oxygen atoms in total. The molecule has 0 spiro atoms. The highest BCUT2D eigenvalue weighted by molar-refractivity contribution is 5.87. The minimum absolute atomic E-state index is 0.354. The van der Waals surface area contributed by atoms with Crippen LogP contribution in [0.3, 0.4) is 0 Å². The van der Waals surface area contributed by atoms with Gasteiger partial charge in [0.05, 0.1) is 29.6 Å². The molecule has 6 heterocycles. The first-order chi connectivity index (χ1) is 16.1. The Kier molecular flexibility index (Phi) is 4.66. The van der Waals surface area contributed by atoms with Crippen LogP contribution in [0.2, 0.25) is 0 Å². The van der Waals surface area contributed by atoms with Gasteiger partial charge in [-0.05, 0) is 43.9 Å². The maximum Gasteiger partial charge on any atom is 0.129 e. The highest BCUT2D eigenvalue weighted by atomic mass is 16.5. The lowest BCUT2D eigenvalue weighted by molar-refractivity contribution is 0.0682. The van der Waals surface area contributed by atoms with E-state index in [0.717, 1.165) is 46.4 Å². The number of nitriles is 1. The number of pyridine rings is 2. The quantitative estimate of drug-likeness (QED) is 0.481. The topological polar surface area (TPSA) is 84.3 Å². The number of anilines is 1. The van der Waals surface area contributed by atoms with E-state index in [-0.39, 0.29) is 0 Å². The van der Waals surface area contributed by atoms with Gasteiger partial charge in [0.1, 0.15) is 11.9 Å². The van der Waals surface area contributed by atoms with E-state index in [1.165, 1.54) is 12.8 Å². The van der Waals surface area contributed by atoms with E-state index >= 15 is 0 Å². The fraction of sp³-hybridized carbons (Fsp3) is 0.360. The molecule has 166 valence electrons. The molecule has 3 atom stereocenters. The summed E-state index contributed by atoms with van der Waals surface area (Å²) in [5.74, 6) is 1.02. The van der Waals surface area contributed by atoms with Crippen molar-refractivity contribution in [2.24, 2.45) is 7.05 Å². The third-order valence-corrected chi connectivity index (χ3v) is 7.12. The van der Waals surface area contributed by atoms with Crippen LogP contribution < -0.4 is 4.90 Å². The molecule has 0 aromatic carbocycles. The molecule has 2 aliphatic rings. The molecule has 2 fully saturated rings. The van der Waals surface area contributed by atoms with Gasteiger partial charge in [-0.15, -0.1) is 0 Å². The number of methoxy groups -OCH3 is 1. The zero-order valence-electron chi connectivity index (χ0n) is 18.7. The highest BCUT2D eigenvalue weighted by Gasteiger charge is 2.41. The fourth-order valence-electron chi connectivity index (χ4n) is 5.54. The van der Waals surface area contributed by atoms with E-state index in [1.54, 1.807) is 15.4 Å². The van der Waals surface area contributed by atoms with Crippen molar-refractivity contribution in [1.29, 1.82) is 5.26 Å². The van der Waals surface area contributed by atoms with E-state index < -0.39 is 0 Å².